The number of ether oxygens (including phenoxy) is 2. The Morgan fingerprint density at radius 2 is 1.92 bits per heavy atom. The van der Waals surface area contributed by atoms with Gasteiger partial charge in [-0.25, -0.2) is 9.59 Å². The second-order valence-corrected chi connectivity index (χ2v) is 6.89. The minimum absolute atomic E-state index is 0.165. The molecule has 26 heavy (non-hydrogen) atoms. The molecule has 8 nitrogen and oxygen atoms in total. The van der Waals surface area contributed by atoms with E-state index >= 15 is 0 Å². The third-order valence-corrected chi connectivity index (χ3v) is 3.67. The maximum atomic E-state index is 12.5. The van der Waals surface area contributed by atoms with Crippen LogP contribution in [0.4, 0.5) is 10.5 Å². The van der Waals surface area contributed by atoms with E-state index in [-0.39, 0.29) is 12.5 Å². The van der Waals surface area contributed by atoms with Crippen LogP contribution in [0.3, 0.4) is 0 Å². The van der Waals surface area contributed by atoms with Crippen molar-refractivity contribution in [2.45, 2.75) is 32.8 Å². The molecule has 1 heterocycles. The normalized spacial score (nSPS) is 14.2. The van der Waals surface area contributed by atoms with Crippen molar-refractivity contribution < 1.29 is 23.9 Å². The topological polar surface area (TPSA) is 88.2 Å². The van der Waals surface area contributed by atoms with E-state index in [4.69, 9.17) is 9.47 Å². The number of nitrogens with zero attached hydrogens (tertiary/aromatic N) is 2. The molecule has 8 heteroatoms. The SMILES string of the molecule is COC(=O)c1cccc(N2CCCN2C(=O)CNC(=O)OC(C)(C)C)c1. The van der Waals surface area contributed by atoms with E-state index < -0.39 is 17.7 Å². The van der Waals surface area contributed by atoms with Crippen LogP contribution in [0, 0.1) is 0 Å². The number of esters is 1. The van der Waals surface area contributed by atoms with E-state index in [2.05, 4.69) is 5.32 Å². The van der Waals surface area contributed by atoms with Gasteiger partial charge in [-0.15, -0.1) is 0 Å². The fourth-order valence-corrected chi connectivity index (χ4v) is 2.60. The molecule has 1 saturated heterocycles. The predicted octanol–water partition coefficient (Wildman–Crippen LogP) is 1.95. The lowest BCUT2D eigenvalue weighted by Gasteiger charge is -2.30. The van der Waals surface area contributed by atoms with Crippen LogP contribution in [0.2, 0.25) is 0 Å². The number of amides is 2. The molecule has 2 amide bonds. The Hall–Kier alpha value is -2.77. The van der Waals surface area contributed by atoms with Crippen molar-refractivity contribution in [1.82, 2.24) is 10.3 Å². The van der Waals surface area contributed by atoms with Gasteiger partial charge in [-0.3, -0.25) is 14.8 Å². The molecule has 0 bridgehead atoms. The monoisotopic (exact) mass is 363 g/mol. The molecule has 0 radical (unpaired) electrons. The number of carbonyl (C=O) groups is 3. The van der Waals surface area contributed by atoms with Crippen molar-refractivity contribution in [3.63, 3.8) is 0 Å². The van der Waals surface area contributed by atoms with Crippen molar-refractivity contribution >= 4 is 23.7 Å². The number of benzene rings is 1. The first-order valence-corrected chi connectivity index (χ1v) is 8.44. The Bertz CT molecular complexity index is 684. The van der Waals surface area contributed by atoms with E-state index in [0.717, 1.165) is 12.1 Å². The lowest BCUT2D eigenvalue weighted by molar-refractivity contribution is -0.129. The minimum Gasteiger partial charge on any atom is -0.465 e. The molecule has 1 fully saturated rings. The molecule has 0 atom stereocenters. The molecule has 0 aromatic heterocycles. The summed E-state index contributed by atoms with van der Waals surface area (Å²) in [5.74, 6) is -0.688. The summed E-state index contributed by atoms with van der Waals surface area (Å²) in [6.45, 7) is 6.28. The van der Waals surface area contributed by atoms with Gasteiger partial charge in [0.05, 0.1) is 18.4 Å². The van der Waals surface area contributed by atoms with Crippen molar-refractivity contribution in [1.29, 1.82) is 0 Å². The van der Waals surface area contributed by atoms with Gasteiger partial charge in [0.2, 0.25) is 0 Å². The van der Waals surface area contributed by atoms with Gasteiger partial charge in [0.25, 0.3) is 5.91 Å². The number of hydrazine groups is 1. The average Bonchev–Trinajstić information content (AvgIpc) is 3.07. The van der Waals surface area contributed by atoms with Crippen molar-refractivity contribution in [2.75, 3.05) is 31.8 Å². The average molecular weight is 363 g/mol. The summed E-state index contributed by atoms with van der Waals surface area (Å²) < 4.78 is 9.86. The van der Waals surface area contributed by atoms with Crippen LogP contribution in [-0.2, 0) is 14.3 Å². The standard InChI is InChI=1S/C18H25N3O5/c1-18(2,3)26-17(24)19-12-15(22)21-10-6-9-20(21)14-8-5-7-13(11-14)16(23)25-4/h5,7-8,11H,6,9-10,12H2,1-4H3,(H,19,24). The van der Waals surface area contributed by atoms with Crippen LogP contribution >= 0.6 is 0 Å². The predicted molar refractivity (Wildman–Crippen MR) is 95.7 cm³/mol. The maximum Gasteiger partial charge on any atom is 0.408 e. The van der Waals surface area contributed by atoms with Gasteiger partial charge in [-0.2, -0.15) is 0 Å². The van der Waals surface area contributed by atoms with Crippen molar-refractivity contribution in [3.8, 4) is 0 Å². The molecule has 0 aliphatic carbocycles. The zero-order chi connectivity index (χ0) is 19.3. The molecule has 0 spiro atoms. The van der Waals surface area contributed by atoms with E-state index in [1.165, 1.54) is 7.11 Å². The van der Waals surface area contributed by atoms with Crippen molar-refractivity contribution in [2.24, 2.45) is 0 Å². The molecular weight excluding hydrogens is 338 g/mol. The quantitative estimate of drug-likeness (QED) is 0.823. The first kappa shape index (κ1) is 19.6. The highest BCUT2D eigenvalue weighted by Gasteiger charge is 2.28. The molecule has 0 saturated carbocycles. The lowest BCUT2D eigenvalue weighted by Crippen LogP contribution is -2.47. The highest BCUT2D eigenvalue weighted by molar-refractivity contribution is 5.91. The fraction of sp³-hybridized carbons (Fsp3) is 0.500. The number of methoxy groups -OCH3 is 1. The van der Waals surface area contributed by atoms with Crippen LogP contribution in [0.5, 0.6) is 0 Å². The van der Waals surface area contributed by atoms with Crippen LogP contribution in [0.15, 0.2) is 24.3 Å². The van der Waals surface area contributed by atoms with E-state index in [1.807, 2.05) is 6.07 Å². The third kappa shape index (κ3) is 5.11. The number of carbonyl (C=O) groups excluding carboxylic acids is 3. The van der Waals surface area contributed by atoms with Crippen LogP contribution in [0.25, 0.3) is 0 Å². The van der Waals surface area contributed by atoms with Gasteiger partial charge in [0, 0.05) is 13.1 Å². The molecule has 142 valence electrons. The summed E-state index contributed by atoms with van der Waals surface area (Å²) in [6, 6.07) is 6.89. The maximum absolute atomic E-state index is 12.5. The summed E-state index contributed by atoms with van der Waals surface area (Å²) in [4.78, 5) is 35.9. The largest absolute Gasteiger partial charge is 0.465 e. The van der Waals surface area contributed by atoms with Gasteiger partial charge in [-0.1, -0.05) is 6.07 Å². The van der Waals surface area contributed by atoms with Gasteiger partial charge < -0.3 is 14.8 Å². The van der Waals surface area contributed by atoms with Crippen LogP contribution in [0.1, 0.15) is 37.6 Å². The lowest BCUT2D eigenvalue weighted by atomic mass is 10.2. The number of alkyl carbamates (subject to hydrolysis) is 1. The van der Waals surface area contributed by atoms with Gasteiger partial charge in [0.15, 0.2) is 0 Å². The minimum atomic E-state index is -0.635. The molecule has 1 aromatic rings. The third-order valence-electron chi connectivity index (χ3n) is 3.67. The van der Waals surface area contributed by atoms with Crippen LogP contribution in [-0.4, -0.2) is 55.3 Å². The molecule has 0 unspecified atom stereocenters. The van der Waals surface area contributed by atoms with Crippen LogP contribution < -0.4 is 10.3 Å². The Morgan fingerprint density at radius 1 is 1.19 bits per heavy atom. The first-order valence-electron chi connectivity index (χ1n) is 8.44. The molecule has 1 N–H and O–H groups in total. The number of anilines is 1. The first-order chi connectivity index (χ1) is 12.2. The molecular formula is C18H25N3O5. The highest BCUT2D eigenvalue weighted by atomic mass is 16.6. The molecule has 1 aliphatic rings. The fourth-order valence-electron chi connectivity index (χ4n) is 2.60. The summed E-state index contributed by atoms with van der Waals surface area (Å²) in [5.41, 5.74) is 0.508. The number of nitrogens with one attached hydrogen (secondary N) is 1. The summed E-state index contributed by atoms with van der Waals surface area (Å²) >= 11 is 0. The summed E-state index contributed by atoms with van der Waals surface area (Å²) in [6.07, 6.45) is 0.157. The Kier molecular flexibility index (Phi) is 6.07. The smallest absolute Gasteiger partial charge is 0.408 e. The summed E-state index contributed by atoms with van der Waals surface area (Å²) in [7, 11) is 1.32. The number of hydrogen-bond donors (Lipinski definition) is 1. The Labute approximate surface area is 153 Å². The van der Waals surface area contributed by atoms with Gasteiger partial charge in [0.1, 0.15) is 12.1 Å². The zero-order valence-electron chi connectivity index (χ0n) is 15.6. The van der Waals surface area contributed by atoms with E-state index in [9.17, 15) is 14.4 Å². The van der Waals surface area contributed by atoms with E-state index in [1.54, 1.807) is 49.0 Å². The van der Waals surface area contributed by atoms with Gasteiger partial charge >= 0.3 is 12.1 Å². The molecule has 2 rings (SSSR count). The Morgan fingerprint density at radius 3 is 2.58 bits per heavy atom. The van der Waals surface area contributed by atoms with E-state index in [0.29, 0.717) is 18.7 Å². The molecule has 1 aliphatic heterocycles. The number of hydrogen-bond acceptors (Lipinski definition) is 6. The zero-order valence-corrected chi connectivity index (χ0v) is 15.6. The van der Waals surface area contributed by atoms with Crippen molar-refractivity contribution in [3.05, 3.63) is 29.8 Å². The Balaban J connectivity index is 2.02. The second kappa shape index (κ2) is 8.07. The summed E-state index contributed by atoms with van der Waals surface area (Å²) in [5, 5.41) is 5.83. The molecule has 1 aromatic carbocycles. The van der Waals surface area contributed by atoms with Gasteiger partial charge in [-0.05, 0) is 45.4 Å². The number of rotatable bonds is 4. The highest BCUT2D eigenvalue weighted by Crippen LogP contribution is 2.23. The second-order valence-electron chi connectivity index (χ2n) is 6.89.